The molecule has 0 aliphatic heterocycles. The molecule has 4 nitrogen and oxygen atoms in total. The third-order valence-corrected chi connectivity index (χ3v) is 2.34. The molecule has 66 valence electrons. The molecule has 12 heavy (non-hydrogen) atoms. The van der Waals surface area contributed by atoms with Gasteiger partial charge in [-0.15, -0.1) is 11.3 Å². The third kappa shape index (κ3) is 2.28. The van der Waals surface area contributed by atoms with Crippen molar-refractivity contribution in [1.29, 1.82) is 0 Å². The van der Waals surface area contributed by atoms with E-state index in [-0.39, 0.29) is 0 Å². The first-order chi connectivity index (χ1) is 5.74. The highest BCUT2D eigenvalue weighted by Gasteiger charge is 2.15. The fraction of sp³-hybridized carbons (Fsp3) is 0.429. The standard InChI is InChI=1S/C7H10N2O2S/c1-8-6(7(10)11)2-5-3-9-4-12-5/h3-4,6,8H,2H2,1H3,(H,10,11)/t6-/m1/s1. The van der Waals surface area contributed by atoms with Gasteiger partial charge in [0, 0.05) is 17.5 Å². The number of carboxylic acids is 1. The molecule has 1 heterocycles. The lowest BCUT2D eigenvalue weighted by Crippen LogP contribution is -2.35. The lowest BCUT2D eigenvalue weighted by Gasteiger charge is -2.08. The van der Waals surface area contributed by atoms with Crippen LogP contribution in [0.3, 0.4) is 0 Å². The summed E-state index contributed by atoms with van der Waals surface area (Å²) in [6.45, 7) is 0. The number of nitrogens with zero attached hydrogens (tertiary/aromatic N) is 1. The van der Waals surface area contributed by atoms with E-state index in [4.69, 9.17) is 5.11 Å². The van der Waals surface area contributed by atoms with Gasteiger partial charge in [0.1, 0.15) is 6.04 Å². The smallest absolute Gasteiger partial charge is 0.321 e. The van der Waals surface area contributed by atoms with Gasteiger partial charge in [0.05, 0.1) is 5.51 Å². The van der Waals surface area contributed by atoms with Crippen LogP contribution in [0, 0.1) is 0 Å². The minimum atomic E-state index is -0.828. The van der Waals surface area contributed by atoms with Gasteiger partial charge in [-0.1, -0.05) is 0 Å². The number of aromatic nitrogens is 1. The molecule has 2 N–H and O–H groups in total. The summed E-state index contributed by atoms with van der Waals surface area (Å²) in [4.78, 5) is 15.4. The van der Waals surface area contributed by atoms with Crippen molar-refractivity contribution >= 4 is 17.3 Å². The van der Waals surface area contributed by atoms with Gasteiger partial charge >= 0.3 is 5.97 Å². The molecule has 0 unspecified atom stereocenters. The zero-order valence-corrected chi connectivity index (χ0v) is 7.47. The predicted octanol–water partition coefficient (Wildman–Crippen LogP) is 0.358. The molecule has 0 bridgehead atoms. The highest BCUT2D eigenvalue weighted by atomic mass is 32.1. The van der Waals surface area contributed by atoms with E-state index in [0.29, 0.717) is 6.42 Å². The van der Waals surface area contributed by atoms with Crippen molar-refractivity contribution in [2.24, 2.45) is 0 Å². The lowest BCUT2D eigenvalue weighted by molar-refractivity contribution is -0.139. The maximum absolute atomic E-state index is 10.6. The van der Waals surface area contributed by atoms with E-state index in [0.717, 1.165) is 4.88 Å². The summed E-state index contributed by atoms with van der Waals surface area (Å²) in [5, 5.41) is 11.4. The summed E-state index contributed by atoms with van der Waals surface area (Å²) in [6, 6.07) is -0.509. The van der Waals surface area contributed by atoms with Crippen LogP contribution in [-0.2, 0) is 11.2 Å². The average Bonchev–Trinajstić information content (AvgIpc) is 2.51. The van der Waals surface area contributed by atoms with Crippen molar-refractivity contribution in [2.45, 2.75) is 12.5 Å². The van der Waals surface area contributed by atoms with Gasteiger partial charge in [0.25, 0.3) is 0 Å². The number of likely N-dealkylation sites (N-methyl/N-ethyl adjacent to an activating group) is 1. The monoisotopic (exact) mass is 186 g/mol. The number of thiazole rings is 1. The van der Waals surface area contributed by atoms with Gasteiger partial charge in [0.15, 0.2) is 0 Å². The summed E-state index contributed by atoms with van der Waals surface area (Å²) in [6.07, 6.45) is 2.19. The second-order valence-corrected chi connectivity index (χ2v) is 3.32. The Hall–Kier alpha value is -0.940. The van der Waals surface area contributed by atoms with E-state index in [1.54, 1.807) is 18.8 Å². The molecule has 0 amide bonds. The van der Waals surface area contributed by atoms with Crippen LogP contribution in [0.15, 0.2) is 11.7 Å². The highest BCUT2D eigenvalue weighted by Crippen LogP contribution is 2.08. The molecule has 1 atom stereocenters. The molecule has 1 aromatic heterocycles. The van der Waals surface area contributed by atoms with Gasteiger partial charge in [0.2, 0.25) is 0 Å². The highest BCUT2D eigenvalue weighted by molar-refractivity contribution is 7.09. The Morgan fingerprint density at radius 3 is 3.08 bits per heavy atom. The maximum Gasteiger partial charge on any atom is 0.321 e. The summed E-state index contributed by atoms with van der Waals surface area (Å²) in [5.74, 6) is -0.828. The second-order valence-electron chi connectivity index (χ2n) is 2.35. The molecule has 0 fully saturated rings. The summed E-state index contributed by atoms with van der Waals surface area (Å²) < 4.78 is 0. The van der Waals surface area contributed by atoms with Crippen LogP contribution in [0.1, 0.15) is 4.88 Å². The number of hydrogen-bond donors (Lipinski definition) is 2. The quantitative estimate of drug-likeness (QED) is 0.712. The molecule has 0 spiro atoms. The Morgan fingerprint density at radius 1 is 1.92 bits per heavy atom. The molecule has 0 radical (unpaired) electrons. The van der Waals surface area contributed by atoms with E-state index in [2.05, 4.69) is 10.3 Å². The van der Waals surface area contributed by atoms with Crippen LogP contribution in [-0.4, -0.2) is 29.1 Å². The van der Waals surface area contributed by atoms with E-state index in [9.17, 15) is 4.79 Å². The fourth-order valence-electron chi connectivity index (χ4n) is 0.857. The molecule has 0 saturated carbocycles. The van der Waals surface area contributed by atoms with Crippen LogP contribution in [0.5, 0.6) is 0 Å². The minimum Gasteiger partial charge on any atom is -0.480 e. The van der Waals surface area contributed by atoms with Crippen LogP contribution < -0.4 is 5.32 Å². The topological polar surface area (TPSA) is 62.2 Å². The molecule has 0 aliphatic rings. The molecule has 0 saturated heterocycles. The van der Waals surface area contributed by atoms with Crippen molar-refractivity contribution < 1.29 is 9.90 Å². The van der Waals surface area contributed by atoms with Crippen molar-refractivity contribution in [2.75, 3.05) is 7.05 Å². The Balaban J connectivity index is 2.54. The van der Waals surface area contributed by atoms with E-state index < -0.39 is 12.0 Å². The second kappa shape index (κ2) is 4.18. The largest absolute Gasteiger partial charge is 0.480 e. The Labute approximate surface area is 74.3 Å². The summed E-state index contributed by atoms with van der Waals surface area (Å²) >= 11 is 1.47. The number of carbonyl (C=O) groups is 1. The van der Waals surface area contributed by atoms with Crippen molar-refractivity contribution in [3.8, 4) is 0 Å². The van der Waals surface area contributed by atoms with Gasteiger partial charge in [-0.25, -0.2) is 0 Å². The van der Waals surface area contributed by atoms with Crippen LogP contribution in [0.4, 0.5) is 0 Å². The number of nitrogens with one attached hydrogen (secondary N) is 1. The van der Waals surface area contributed by atoms with E-state index >= 15 is 0 Å². The SMILES string of the molecule is CN[C@H](Cc1cncs1)C(=O)O. The minimum absolute atomic E-state index is 0.497. The molecule has 0 aliphatic carbocycles. The zero-order valence-electron chi connectivity index (χ0n) is 6.65. The van der Waals surface area contributed by atoms with Crippen molar-refractivity contribution in [1.82, 2.24) is 10.3 Å². The van der Waals surface area contributed by atoms with Crippen molar-refractivity contribution in [3.63, 3.8) is 0 Å². The number of hydrogen-bond acceptors (Lipinski definition) is 4. The molecular weight excluding hydrogens is 176 g/mol. The first-order valence-corrected chi connectivity index (χ1v) is 4.39. The number of carboxylic acid groups (broad SMARTS) is 1. The Morgan fingerprint density at radius 2 is 2.67 bits per heavy atom. The zero-order chi connectivity index (χ0) is 8.97. The normalized spacial score (nSPS) is 12.8. The first kappa shape index (κ1) is 9.15. The predicted molar refractivity (Wildman–Crippen MR) is 46.3 cm³/mol. The number of aliphatic carboxylic acids is 1. The third-order valence-electron chi connectivity index (χ3n) is 1.54. The summed E-state index contributed by atoms with van der Waals surface area (Å²) in [7, 11) is 1.64. The Bertz CT molecular complexity index is 248. The molecule has 5 heteroatoms. The van der Waals surface area contributed by atoms with Gasteiger partial charge in [-0.3, -0.25) is 9.78 Å². The van der Waals surface area contributed by atoms with E-state index in [1.165, 1.54) is 11.3 Å². The maximum atomic E-state index is 10.6. The van der Waals surface area contributed by atoms with Gasteiger partial charge < -0.3 is 10.4 Å². The molecule has 0 aromatic carbocycles. The molecule has 1 rings (SSSR count). The van der Waals surface area contributed by atoms with Crippen LogP contribution >= 0.6 is 11.3 Å². The van der Waals surface area contributed by atoms with Crippen LogP contribution in [0.25, 0.3) is 0 Å². The first-order valence-electron chi connectivity index (χ1n) is 3.51. The van der Waals surface area contributed by atoms with Gasteiger partial charge in [-0.2, -0.15) is 0 Å². The summed E-state index contributed by atoms with van der Waals surface area (Å²) in [5.41, 5.74) is 1.70. The average molecular weight is 186 g/mol. The van der Waals surface area contributed by atoms with Gasteiger partial charge in [-0.05, 0) is 7.05 Å². The fourth-order valence-corrected chi connectivity index (χ4v) is 1.50. The number of rotatable bonds is 4. The van der Waals surface area contributed by atoms with Crippen LogP contribution in [0.2, 0.25) is 0 Å². The molecular formula is C7H10N2O2S. The van der Waals surface area contributed by atoms with E-state index in [1.807, 2.05) is 0 Å². The Kier molecular flexibility index (Phi) is 3.19. The lowest BCUT2D eigenvalue weighted by atomic mass is 10.2. The molecule has 1 aromatic rings. The van der Waals surface area contributed by atoms with Crippen molar-refractivity contribution in [3.05, 3.63) is 16.6 Å².